The number of likely N-dealkylation sites (tertiary alicyclic amines) is 1. The zero-order chi connectivity index (χ0) is 19.7. The monoisotopic (exact) mass is 402 g/mol. The number of nitrogens with zero attached hydrogens (tertiary/aromatic N) is 1. The molecule has 1 aliphatic heterocycles. The predicted octanol–water partition coefficient (Wildman–Crippen LogP) is 3.88. The Morgan fingerprint density at radius 2 is 2.04 bits per heavy atom. The van der Waals surface area contributed by atoms with Crippen molar-refractivity contribution >= 4 is 28.8 Å². The van der Waals surface area contributed by atoms with Crippen LogP contribution in [0.25, 0.3) is 0 Å². The van der Waals surface area contributed by atoms with Crippen LogP contribution in [0.3, 0.4) is 0 Å². The molecule has 2 amide bonds. The molecule has 1 saturated heterocycles. The van der Waals surface area contributed by atoms with Gasteiger partial charge in [0.2, 0.25) is 5.91 Å². The summed E-state index contributed by atoms with van der Waals surface area (Å²) in [5.41, 5.74) is 1.52. The molecular formula is C21H23FN2O3S. The Kier molecular flexibility index (Phi) is 5.35. The number of rotatable bonds is 4. The Labute approximate surface area is 167 Å². The number of benzene rings is 1. The number of aryl methyl sites for hydroxylation is 1. The van der Waals surface area contributed by atoms with Gasteiger partial charge in [-0.15, -0.1) is 11.3 Å². The number of nitrogens with one attached hydrogen (secondary N) is 1. The Morgan fingerprint density at radius 1 is 1.25 bits per heavy atom. The summed E-state index contributed by atoms with van der Waals surface area (Å²) in [7, 11) is 1.40. The average Bonchev–Trinajstić information content (AvgIpc) is 3.36. The van der Waals surface area contributed by atoms with E-state index in [1.165, 1.54) is 24.1 Å². The summed E-state index contributed by atoms with van der Waals surface area (Å²) in [5.74, 6) is -0.537. The van der Waals surface area contributed by atoms with Gasteiger partial charge in [-0.05, 0) is 55.9 Å². The van der Waals surface area contributed by atoms with Gasteiger partial charge in [0.15, 0.2) is 11.6 Å². The minimum Gasteiger partial charge on any atom is -0.494 e. The van der Waals surface area contributed by atoms with E-state index in [1.807, 2.05) is 11.0 Å². The maximum absolute atomic E-state index is 13.8. The summed E-state index contributed by atoms with van der Waals surface area (Å²) in [6.45, 7) is 1.68. The number of halogens is 1. The van der Waals surface area contributed by atoms with E-state index in [-0.39, 0.29) is 23.5 Å². The number of ether oxygens (including phenoxy) is 1. The number of fused-ring (bicyclic) bond motifs is 1. The zero-order valence-electron chi connectivity index (χ0n) is 15.8. The number of hydrogen-bond donors (Lipinski definition) is 1. The van der Waals surface area contributed by atoms with E-state index >= 15 is 0 Å². The minimum absolute atomic E-state index is 0.117. The molecule has 0 radical (unpaired) electrons. The van der Waals surface area contributed by atoms with Crippen LogP contribution in [0.4, 0.5) is 10.1 Å². The van der Waals surface area contributed by atoms with E-state index in [0.29, 0.717) is 12.1 Å². The summed E-state index contributed by atoms with van der Waals surface area (Å²) in [4.78, 5) is 29.2. The molecule has 1 aromatic heterocycles. The van der Waals surface area contributed by atoms with Gasteiger partial charge in [0.05, 0.1) is 12.0 Å². The fraction of sp³-hybridized carbons (Fsp3) is 0.429. The van der Waals surface area contributed by atoms with Crippen molar-refractivity contribution in [1.82, 2.24) is 4.90 Å². The van der Waals surface area contributed by atoms with Crippen molar-refractivity contribution in [3.05, 3.63) is 45.4 Å². The average molecular weight is 402 g/mol. The molecule has 2 heterocycles. The molecule has 28 heavy (non-hydrogen) atoms. The Hall–Kier alpha value is -2.41. The number of anilines is 1. The number of carbonyl (C=O) groups is 2. The second kappa shape index (κ2) is 7.91. The van der Waals surface area contributed by atoms with Crippen LogP contribution in [0.2, 0.25) is 0 Å². The van der Waals surface area contributed by atoms with Crippen molar-refractivity contribution in [3.8, 4) is 5.75 Å². The SMILES string of the molecule is COc1ccc(NC(=O)[C@@H]2CCc3sc(C(=O)N4CCCC4)cc3C2)cc1F. The Bertz CT molecular complexity index is 905. The Balaban J connectivity index is 1.42. The van der Waals surface area contributed by atoms with Crippen molar-refractivity contribution < 1.29 is 18.7 Å². The van der Waals surface area contributed by atoms with Gasteiger partial charge in [-0.25, -0.2) is 4.39 Å². The van der Waals surface area contributed by atoms with E-state index in [4.69, 9.17) is 4.74 Å². The van der Waals surface area contributed by atoms with Crippen molar-refractivity contribution in [2.75, 3.05) is 25.5 Å². The first-order chi connectivity index (χ1) is 13.5. The highest BCUT2D eigenvalue weighted by Crippen LogP contribution is 2.34. The molecule has 0 bridgehead atoms. The number of carbonyl (C=O) groups excluding carboxylic acids is 2. The smallest absolute Gasteiger partial charge is 0.263 e. The fourth-order valence-electron chi connectivity index (χ4n) is 3.92. The highest BCUT2D eigenvalue weighted by atomic mass is 32.1. The number of thiophene rings is 1. The van der Waals surface area contributed by atoms with E-state index in [0.717, 1.165) is 49.2 Å². The Morgan fingerprint density at radius 3 is 2.75 bits per heavy atom. The van der Waals surface area contributed by atoms with Crippen molar-refractivity contribution in [1.29, 1.82) is 0 Å². The van der Waals surface area contributed by atoms with E-state index < -0.39 is 5.82 Å². The van der Waals surface area contributed by atoms with Crippen LogP contribution in [0.15, 0.2) is 24.3 Å². The third-order valence-electron chi connectivity index (χ3n) is 5.48. The molecular weight excluding hydrogens is 379 g/mol. The molecule has 1 atom stereocenters. The van der Waals surface area contributed by atoms with Crippen LogP contribution in [-0.2, 0) is 17.6 Å². The van der Waals surface area contributed by atoms with Gasteiger partial charge in [0.25, 0.3) is 5.91 Å². The van der Waals surface area contributed by atoms with Crippen molar-refractivity contribution in [2.45, 2.75) is 32.1 Å². The van der Waals surface area contributed by atoms with Gasteiger partial charge < -0.3 is 15.0 Å². The lowest BCUT2D eigenvalue weighted by Gasteiger charge is -2.21. The predicted molar refractivity (Wildman–Crippen MR) is 107 cm³/mol. The van der Waals surface area contributed by atoms with Gasteiger partial charge in [-0.1, -0.05) is 0 Å². The van der Waals surface area contributed by atoms with Crippen LogP contribution in [0, 0.1) is 11.7 Å². The van der Waals surface area contributed by atoms with Crippen LogP contribution in [0.1, 0.15) is 39.4 Å². The molecule has 2 aliphatic rings. The third kappa shape index (κ3) is 3.76. The normalized spacial score (nSPS) is 18.6. The lowest BCUT2D eigenvalue weighted by Crippen LogP contribution is -2.27. The fourth-order valence-corrected chi connectivity index (χ4v) is 5.09. The topological polar surface area (TPSA) is 58.6 Å². The summed E-state index contributed by atoms with van der Waals surface area (Å²) in [6, 6.07) is 6.36. The number of methoxy groups -OCH3 is 1. The van der Waals surface area contributed by atoms with Gasteiger partial charge in [-0.2, -0.15) is 0 Å². The summed E-state index contributed by atoms with van der Waals surface area (Å²) >= 11 is 1.57. The molecule has 1 fully saturated rings. The van der Waals surface area contributed by atoms with Crippen molar-refractivity contribution in [3.63, 3.8) is 0 Å². The van der Waals surface area contributed by atoms with E-state index in [1.54, 1.807) is 17.4 Å². The summed E-state index contributed by atoms with van der Waals surface area (Å²) < 4.78 is 18.7. The molecule has 7 heteroatoms. The van der Waals surface area contributed by atoms with Gasteiger partial charge in [0, 0.05) is 35.6 Å². The summed E-state index contributed by atoms with van der Waals surface area (Å²) in [5, 5.41) is 2.80. The minimum atomic E-state index is -0.505. The first-order valence-corrected chi connectivity index (χ1v) is 10.4. The standard InChI is InChI=1S/C21H23FN2O3S/c1-27-17-6-5-15(12-16(17)22)23-20(25)13-4-7-18-14(10-13)11-19(28-18)21(26)24-8-2-3-9-24/h5-6,11-13H,2-4,7-10H2,1H3,(H,23,25)/t13-/m1/s1. The number of amides is 2. The van der Waals surface area contributed by atoms with Crippen LogP contribution < -0.4 is 10.1 Å². The quantitative estimate of drug-likeness (QED) is 0.845. The second-order valence-electron chi connectivity index (χ2n) is 7.34. The van der Waals surface area contributed by atoms with Crippen LogP contribution >= 0.6 is 11.3 Å². The molecule has 1 aliphatic carbocycles. The van der Waals surface area contributed by atoms with Gasteiger partial charge in [-0.3, -0.25) is 9.59 Å². The molecule has 0 saturated carbocycles. The lowest BCUT2D eigenvalue weighted by atomic mass is 9.87. The molecule has 2 aromatic rings. The van der Waals surface area contributed by atoms with Crippen LogP contribution in [-0.4, -0.2) is 36.9 Å². The van der Waals surface area contributed by atoms with E-state index in [9.17, 15) is 14.0 Å². The van der Waals surface area contributed by atoms with E-state index in [2.05, 4.69) is 5.32 Å². The molecule has 0 unspecified atom stereocenters. The van der Waals surface area contributed by atoms with Crippen LogP contribution in [0.5, 0.6) is 5.75 Å². The number of hydrogen-bond acceptors (Lipinski definition) is 4. The third-order valence-corrected chi connectivity index (χ3v) is 6.70. The maximum Gasteiger partial charge on any atom is 0.263 e. The summed E-state index contributed by atoms with van der Waals surface area (Å²) in [6.07, 6.45) is 4.29. The molecule has 5 nitrogen and oxygen atoms in total. The first kappa shape index (κ1) is 18.9. The molecule has 1 aromatic carbocycles. The maximum atomic E-state index is 13.8. The van der Waals surface area contributed by atoms with Gasteiger partial charge >= 0.3 is 0 Å². The molecule has 148 valence electrons. The lowest BCUT2D eigenvalue weighted by molar-refractivity contribution is -0.120. The first-order valence-electron chi connectivity index (χ1n) is 9.60. The highest BCUT2D eigenvalue weighted by Gasteiger charge is 2.29. The van der Waals surface area contributed by atoms with Crippen molar-refractivity contribution in [2.24, 2.45) is 5.92 Å². The zero-order valence-corrected chi connectivity index (χ0v) is 16.6. The molecule has 0 spiro atoms. The second-order valence-corrected chi connectivity index (χ2v) is 8.47. The molecule has 4 rings (SSSR count). The van der Waals surface area contributed by atoms with Gasteiger partial charge in [0.1, 0.15) is 0 Å². The highest BCUT2D eigenvalue weighted by molar-refractivity contribution is 7.14. The largest absolute Gasteiger partial charge is 0.494 e. The molecule has 1 N–H and O–H groups in total.